The average Bonchev–Trinajstić information content (AvgIpc) is 2.36. The van der Waals surface area contributed by atoms with E-state index in [0.29, 0.717) is 10.9 Å². The van der Waals surface area contributed by atoms with E-state index in [1.807, 2.05) is 0 Å². The van der Waals surface area contributed by atoms with Crippen LogP contribution < -0.4 is 10.6 Å². The van der Waals surface area contributed by atoms with Crippen LogP contribution in [0.4, 0.5) is 16.2 Å². The van der Waals surface area contributed by atoms with Gasteiger partial charge in [0.15, 0.2) is 0 Å². The van der Waals surface area contributed by atoms with E-state index in [1.54, 1.807) is 0 Å². The highest BCUT2D eigenvalue weighted by molar-refractivity contribution is 9.10. The van der Waals surface area contributed by atoms with Gasteiger partial charge in [0, 0.05) is 24.7 Å². The fraction of sp³-hybridized carbons (Fsp3) is 0.273. The minimum absolute atomic E-state index is 0.0377. The number of rotatable bonds is 6. The van der Waals surface area contributed by atoms with Gasteiger partial charge in [-0.05, 0) is 34.5 Å². The fourth-order valence-corrected chi connectivity index (χ4v) is 1.74. The van der Waals surface area contributed by atoms with Crippen LogP contribution in [0.3, 0.4) is 0 Å². The molecule has 0 unspecified atom stereocenters. The quantitative estimate of drug-likeness (QED) is 0.415. The highest BCUT2D eigenvalue weighted by Crippen LogP contribution is 2.27. The van der Waals surface area contributed by atoms with Crippen LogP contribution in [0.25, 0.3) is 0 Å². The third kappa shape index (κ3) is 5.22. The van der Waals surface area contributed by atoms with E-state index in [4.69, 9.17) is 5.11 Å². The third-order valence-electron chi connectivity index (χ3n) is 2.25. The van der Waals surface area contributed by atoms with E-state index in [0.717, 1.165) is 0 Å². The Balaban J connectivity index is 2.52. The lowest BCUT2D eigenvalue weighted by Gasteiger charge is -2.07. The molecular formula is C11H12BrN3O5. The zero-order valence-electron chi connectivity index (χ0n) is 10.3. The summed E-state index contributed by atoms with van der Waals surface area (Å²) in [6.45, 7) is 0.205. The Morgan fingerprint density at radius 1 is 1.40 bits per heavy atom. The molecular weight excluding hydrogens is 334 g/mol. The molecule has 0 saturated carbocycles. The zero-order valence-corrected chi connectivity index (χ0v) is 11.8. The number of carbonyl (C=O) groups is 2. The number of nitrogens with zero attached hydrogens (tertiary/aromatic N) is 1. The molecule has 0 heterocycles. The topological polar surface area (TPSA) is 122 Å². The number of hydrogen-bond donors (Lipinski definition) is 3. The first-order valence-corrected chi connectivity index (χ1v) is 6.40. The first kappa shape index (κ1) is 15.9. The van der Waals surface area contributed by atoms with Crippen molar-refractivity contribution < 1.29 is 19.6 Å². The number of carbonyl (C=O) groups excluding carboxylic acids is 1. The maximum absolute atomic E-state index is 11.5. The van der Waals surface area contributed by atoms with Crippen molar-refractivity contribution in [3.63, 3.8) is 0 Å². The van der Waals surface area contributed by atoms with Gasteiger partial charge in [-0.1, -0.05) is 0 Å². The Hall–Kier alpha value is -2.16. The Kier molecular flexibility index (Phi) is 5.91. The molecule has 9 heteroatoms. The lowest BCUT2D eigenvalue weighted by molar-refractivity contribution is -0.385. The van der Waals surface area contributed by atoms with Gasteiger partial charge in [-0.25, -0.2) is 4.79 Å². The summed E-state index contributed by atoms with van der Waals surface area (Å²) in [4.78, 5) is 31.9. The van der Waals surface area contributed by atoms with Crippen molar-refractivity contribution in [1.82, 2.24) is 5.32 Å². The van der Waals surface area contributed by atoms with Crippen molar-refractivity contribution in [3.05, 3.63) is 32.8 Å². The standard InChI is InChI=1S/C11H12BrN3O5/c12-8-4-3-7(6-9(8)15(19)20)14-11(18)13-5-1-2-10(16)17/h3-4,6H,1-2,5H2,(H,16,17)(H2,13,14,18). The largest absolute Gasteiger partial charge is 0.481 e. The number of nitro groups is 1. The second kappa shape index (κ2) is 7.43. The van der Waals surface area contributed by atoms with Crippen LogP contribution in [0.15, 0.2) is 22.7 Å². The molecule has 1 rings (SSSR count). The number of aliphatic carboxylic acids is 1. The third-order valence-corrected chi connectivity index (χ3v) is 2.92. The van der Waals surface area contributed by atoms with Crippen molar-refractivity contribution >= 4 is 39.3 Å². The van der Waals surface area contributed by atoms with Gasteiger partial charge in [0.2, 0.25) is 0 Å². The van der Waals surface area contributed by atoms with Crippen LogP contribution in [0.2, 0.25) is 0 Å². The van der Waals surface area contributed by atoms with Crippen LogP contribution in [0.1, 0.15) is 12.8 Å². The van der Waals surface area contributed by atoms with E-state index in [-0.39, 0.29) is 24.3 Å². The van der Waals surface area contributed by atoms with Crippen molar-refractivity contribution in [1.29, 1.82) is 0 Å². The first-order chi connectivity index (χ1) is 9.40. The van der Waals surface area contributed by atoms with Gasteiger partial charge >= 0.3 is 12.0 Å². The lowest BCUT2D eigenvalue weighted by Crippen LogP contribution is -2.29. The highest BCUT2D eigenvalue weighted by Gasteiger charge is 2.13. The van der Waals surface area contributed by atoms with E-state index in [9.17, 15) is 19.7 Å². The predicted octanol–water partition coefficient (Wildman–Crippen LogP) is 2.34. The van der Waals surface area contributed by atoms with E-state index in [1.165, 1.54) is 18.2 Å². The molecule has 0 aliphatic heterocycles. The molecule has 0 saturated heterocycles. The zero-order chi connectivity index (χ0) is 15.1. The molecule has 20 heavy (non-hydrogen) atoms. The summed E-state index contributed by atoms with van der Waals surface area (Å²) in [5, 5.41) is 24.0. The molecule has 1 aromatic rings. The van der Waals surface area contributed by atoms with Gasteiger partial charge in [-0.2, -0.15) is 0 Å². The van der Waals surface area contributed by atoms with Crippen molar-refractivity contribution in [2.45, 2.75) is 12.8 Å². The molecule has 3 N–H and O–H groups in total. The molecule has 108 valence electrons. The molecule has 1 aromatic carbocycles. The first-order valence-electron chi connectivity index (χ1n) is 5.60. The molecule has 8 nitrogen and oxygen atoms in total. The molecule has 0 aliphatic rings. The Morgan fingerprint density at radius 3 is 2.70 bits per heavy atom. The number of benzene rings is 1. The van der Waals surface area contributed by atoms with E-state index in [2.05, 4.69) is 26.6 Å². The molecule has 0 spiro atoms. The fourth-order valence-electron chi connectivity index (χ4n) is 1.35. The van der Waals surface area contributed by atoms with Crippen LogP contribution in [0, 0.1) is 10.1 Å². The number of urea groups is 1. The van der Waals surface area contributed by atoms with Gasteiger partial charge in [0.1, 0.15) is 0 Å². The van der Waals surface area contributed by atoms with Gasteiger partial charge < -0.3 is 15.7 Å². The van der Waals surface area contributed by atoms with Crippen molar-refractivity contribution in [2.24, 2.45) is 0 Å². The normalized spacial score (nSPS) is 9.85. The predicted molar refractivity (Wildman–Crippen MR) is 74.7 cm³/mol. The average molecular weight is 346 g/mol. The monoisotopic (exact) mass is 345 g/mol. The van der Waals surface area contributed by atoms with Gasteiger partial charge in [-0.3, -0.25) is 14.9 Å². The van der Waals surface area contributed by atoms with Gasteiger partial charge in [-0.15, -0.1) is 0 Å². The Morgan fingerprint density at radius 2 is 2.10 bits per heavy atom. The van der Waals surface area contributed by atoms with Crippen LogP contribution in [0.5, 0.6) is 0 Å². The minimum atomic E-state index is -0.934. The minimum Gasteiger partial charge on any atom is -0.481 e. The number of carboxylic acid groups (broad SMARTS) is 1. The number of anilines is 1. The number of carboxylic acids is 1. The number of amides is 2. The van der Waals surface area contributed by atoms with Gasteiger partial charge in [0.25, 0.3) is 5.69 Å². The molecule has 0 aliphatic carbocycles. The van der Waals surface area contributed by atoms with Crippen LogP contribution in [-0.4, -0.2) is 28.6 Å². The number of nitrogens with one attached hydrogen (secondary N) is 2. The summed E-state index contributed by atoms with van der Waals surface area (Å²) in [5.41, 5.74) is 0.115. The maximum Gasteiger partial charge on any atom is 0.319 e. The van der Waals surface area contributed by atoms with Crippen molar-refractivity contribution in [3.8, 4) is 0 Å². The smallest absolute Gasteiger partial charge is 0.319 e. The lowest BCUT2D eigenvalue weighted by atomic mass is 10.3. The molecule has 0 bridgehead atoms. The summed E-state index contributed by atoms with van der Waals surface area (Å²) < 4.78 is 0.315. The van der Waals surface area contributed by atoms with Crippen LogP contribution in [-0.2, 0) is 4.79 Å². The summed E-state index contributed by atoms with van der Waals surface area (Å²) in [6, 6.07) is 3.64. The second-order valence-electron chi connectivity index (χ2n) is 3.80. The highest BCUT2D eigenvalue weighted by atomic mass is 79.9. The Bertz CT molecular complexity index is 535. The van der Waals surface area contributed by atoms with E-state index >= 15 is 0 Å². The molecule has 0 aromatic heterocycles. The Labute approximate surface area is 122 Å². The second-order valence-corrected chi connectivity index (χ2v) is 4.66. The molecule has 0 radical (unpaired) electrons. The summed E-state index contributed by atoms with van der Waals surface area (Å²) in [6.07, 6.45) is 0.271. The number of hydrogen-bond acceptors (Lipinski definition) is 4. The van der Waals surface area contributed by atoms with Crippen LogP contribution >= 0.6 is 15.9 Å². The molecule has 2 amide bonds. The summed E-state index contributed by atoms with van der Waals surface area (Å²) in [7, 11) is 0. The maximum atomic E-state index is 11.5. The van der Waals surface area contributed by atoms with Gasteiger partial charge in [0.05, 0.1) is 9.40 Å². The molecule has 0 atom stereocenters. The van der Waals surface area contributed by atoms with Crippen molar-refractivity contribution in [2.75, 3.05) is 11.9 Å². The van der Waals surface area contributed by atoms with E-state index < -0.39 is 16.9 Å². The SMILES string of the molecule is O=C(O)CCCNC(=O)Nc1ccc(Br)c([N+](=O)[O-])c1. The molecule has 0 fully saturated rings. The summed E-state index contributed by atoms with van der Waals surface area (Å²) >= 11 is 3.04. The summed E-state index contributed by atoms with van der Waals surface area (Å²) in [5.74, 6) is -0.934. The number of nitro benzene ring substituents is 1. The number of halogens is 1.